The first-order chi connectivity index (χ1) is 21.3. The number of phosphoric ester groups is 1. The summed E-state index contributed by atoms with van der Waals surface area (Å²) in [5.41, 5.74) is 0. The van der Waals surface area contributed by atoms with Crippen LogP contribution in [0.5, 0.6) is 0 Å². The lowest BCUT2D eigenvalue weighted by molar-refractivity contribution is -0.161. The van der Waals surface area contributed by atoms with Crippen LogP contribution in [0.3, 0.4) is 0 Å². The second-order valence-electron chi connectivity index (χ2n) is 11.5. The molecule has 0 aliphatic heterocycles. The minimum Gasteiger partial charge on any atom is -0.462 e. The van der Waals surface area contributed by atoms with Crippen molar-refractivity contribution < 1.29 is 37.6 Å². The summed E-state index contributed by atoms with van der Waals surface area (Å²) in [6.07, 6.45) is 30.9. The molecule has 0 fully saturated rings. The number of rotatable bonds is 32. The third kappa shape index (κ3) is 30.6. The van der Waals surface area contributed by atoms with Crippen molar-refractivity contribution in [2.24, 2.45) is 0 Å². The molecule has 2 unspecified atom stereocenters. The number of phosphoric acid groups is 1. The molecule has 8 nitrogen and oxygen atoms in total. The van der Waals surface area contributed by atoms with E-state index in [1.54, 1.807) is 6.92 Å². The Bertz CT molecular complexity index is 783. The fraction of sp³-hybridized carbons (Fsp3) is 0.829. The highest BCUT2D eigenvalue weighted by Gasteiger charge is 2.25. The summed E-state index contributed by atoms with van der Waals surface area (Å²) in [5.74, 6) is -0.815. The maximum atomic E-state index is 12.4. The molecule has 0 radical (unpaired) electrons. The van der Waals surface area contributed by atoms with Crippen molar-refractivity contribution in [1.29, 1.82) is 0 Å². The molecular weight excluding hydrogens is 579 g/mol. The highest BCUT2D eigenvalue weighted by atomic mass is 31.2. The van der Waals surface area contributed by atoms with Crippen LogP contribution >= 0.6 is 7.82 Å². The summed E-state index contributed by atoms with van der Waals surface area (Å²) >= 11 is 0. The van der Waals surface area contributed by atoms with Crippen LogP contribution < -0.4 is 0 Å². The number of ether oxygens (including phenoxy) is 2. The molecule has 0 aromatic rings. The molecular formula is C35H65O8P. The number of esters is 2. The van der Waals surface area contributed by atoms with E-state index in [4.69, 9.17) is 18.5 Å². The zero-order valence-electron chi connectivity index (χ0n) is 28.3. The van der Waals surface area contributed by atoms with Crippen molar-refractivity contribution in [2.45, 2.75) is 168 Å². The number of carbonyl (C=O) groups is 2. The van der Waals surface area contributed by atoms with Crippen LogP contribution in [0, 0.1) is 0 Å². The lowest BCUT2D eigenvalue weighted by atomic mass is 10.1. The first-order valence-corrected chi connectivity index (χ1v) is 19.1. The van der Waals surface area contributed by atoms with Gasteiger partial charge in [-0.1, -0.05) is 128 Å². The Morgan fingerprint density at radius 3 is 1.70 bits per heavy atom. The average Bonchev–Trinajstić information content (AvgIpc) is 2.99. The van der Waals surface area contributed by atoms with E-state index >= 15 is 0 Å². The highest BCUT2D eigenvalue weighted by molar-refractivity contribution is 7.47. The fourth-order valence-corrected chi connectivity index (χ4v) is 5.42. The van der Waals surface area contributed by atoms with Crippen molar-refractivity contribution in [3.63, 3.8) is 0 Å². The van der Waals surface area contributed by atoms with E-state index in [0.717, 1.165) is 64.2 Å². The molecule has 0 heterocycles. The summed E-state index contributed by atoms with van der Waals surface area (Å²) in [5, 5.41) is 0. The Morgan fingerprint density at radius 2 is 1.14 bits per heavy atom. The molecule has 1 N–H and O–H groups in total. The lowest BCUT2D eigenvalue weighted by Gasteiger charge is -2.19. The van der Waals surface area contributed by atoms with Gasteiger partial charge < -0.3 is 14.4 Å². The predicted octanol–water partition coefficient (Wildman–Crippen LogP) is 10.3. The van der Waals surface area contributed by atoms with Crippen molar-refractivity contribution in [3.8, 4) is 0 Å². The van der Waals surface area contributed by atoms with Gasteiger partial charge in [0.25, 0.3) is 0 Å². The summed E-state index contributed by atoms with van der Waals surface area (Å²) in [6.45, 7) is 5.36. The van der Waals surface area contributed by atoms with Gasteiger partial charge in [-0.05, 0) is 45.4 Å². The minimum absolute atomic E-state index is 0.00114. The molecule has 0 bridgehead atoms. The molecule has 9 heteroatoms. The third-order valence-corrected chi connectivity index (χ3v) is 8.30. The van der Waals surface area contributed by atoms with Crippen molar-refractivity contribution in [1.82, 2.24) is 0 Å². The Hall–Kier alpha value is -1.47. The zero-order chi connectivity index (χ0) is 32.6. The maximum Gasteiger partial charge on any atom is 0.472 e. The number of unbranched alkanes of at least 4 members (excludes halogenated alkanes) is 16. The quantitative estimate of drug-likeness (QED) is 0.0333. The molecule has 0 aliphatic carbocycles. The Morgan fingerprint density at radius 1 is 0.614 bits per heavy atom. The van der Waals surface area contributed by atoms with Gasteiger partial charge in [0.15, 0.2) is 6.10 Å². The largest absolute Gasteiger partial charge is 0.472 e. The van der Waals surface area contributed by atoms with Gasteiger partial charge in [-0.25, -0.2) is 4.57 Å². The van der Waals surface area contributed by atoms with Crippen LogP contribution in [0.15, 0.2) is 24.3 Å². The van der Waals surface area contributed by atoms with Gasteiger partial charge in [-0.2, -0.15) is 0 Å². The van der Waals surface area contributed by atoms with E-state index < -0.39 is 26.5 Å². The van der Waals surface area contributed by atoms with Crippen LogP contribution in [0.4, 0.5) is 0 Å². The van der Waals surface area contributed by atoms with Gasteiger partial charge in [-0.15, -0.1) is 0 Å². The molecule has 0 aliphatic rings. The van der Waals surface area contributed by atoms with E-state index in [1.165, 1.54) is 57.8 Å². The van der Waals surface area contributed by atoms with Crippen LogP contribution in [0.2, 0.25) is 0 Å². The van der Waals surface area contributed by atoms with Crippen LogP contribution in [0.1, 0.15) is 162 Å². The topological polar surface area (TPSA) is 108 Å². The second kappa shape index (κ2) is 31.5. The molecule has 2 atom stereocenters. The molecule has 0 aromatic heterocycles. The number of hydrogen-bond donors (Lipinski definition) is 1. The Kier molecular flexibility index (Phi) is 30.5. The molecule has 0 rings (SSSR count). The van der Waals surface area contributed by atoms with Gasteiger partial charge in [0.05, 0.1) is 13.2 Å². The molecule has 44 heavy (non-hydrogen) atoms. The smallest absolute Gasteiger partial charge is 0.462 e. The van der Waals surface area contributed by atoms with Crippen LogP contribution in [-0.4, -0.2) is 42.8 Å². The van der Waals surface area contributed by atoms with Gasteiger partial charge in [0.2, 0.25) is 0 Å². The normalized spacial score (nSPS) is 13.8. The van der Waals surface area contributed by atoms with Gasteiger partial charge in [0, 0.05) is 12.8 Å². The first kappa shape index (κ1) is 42.5. The number of allylic oxidation sites excluding steroid dienone is 4. The maximum absolute atomic E-state index is 12.4. The van der Waals surface area contributed by atoms with Crippen LogP contribution in [-0.2, 0) is 32.7 Å². The molecule has 0 aromatic carbocycles. The SMILES string of the molecule is CCC/C=C\C/C=C\CCCCCCCC(=O)OC(COC(=O)CCCCCCCCCCCCC)COP(=O)(O)OCC. The fourth-order valence-electron chi connectivity index (χ4n) is 4.67. The molecule has 0 spiro atoms. The highest BCUT2D eigenvalue weighted by Crippen LogP contribution is 2.43. The molecule has 258 valence electrons. The van der Waals surface area contributed by atoms with Gasteiger partial charge in [0.1, 0.15) is 6.61 Å². The standard InChI is InChI=1S/C35H65O8P/c1-4-7-9-11-13-15-17-18-20-22-24-26-28-30-35(37)43-33(32-42-44(38,39)41-6-3)31-40-34(36)29-27-25-23-21-19-16-14-12-10-8-5-2/h9,11,15,17,33H,4-8,10,12-14,16,18-32H2,1-3H3,(H,38,39)/b11-9-,17-15-. The monoisotopic (exact) mass is 644 g/mol. The lowest BCUT2D eigenvalue weighted by Crippen LogP contribution is -2.29. The van der Waals surface area contributed by atoms with Gasteiger partial charge >= 0.3 is 19.8 Å². The molecule has 0 amide bonds. The summed E-state index contributed by atoms with van der Waals surface area (Å²) in [6, 6.07) is 0. The van der Waals surface area contributed by atoms with Gasteiger partial charge in [-0.3, -0.25) is 18.6 Å². The summed E-state index contributed by atoms with van der Waals surface area (Å²) < 4.78 is 32.4. The number of hydrogen-bond acceptors (Lipinski definition) is 7. The van der Waals surface area contributed by atoms with Crippen molar-refractivity contribution in [3.05, 3.63) is 24.3 Å². The molecule has 0 saturated heterocycles. The third-order valence-electron chi connectivity index (χ3n) is 7.24. The van der Waals surface area contributed by atoms with E-state index in [2.05, 4.69) is 38.2 Å². The van der Waals surface area contributed by atoms with Crippen LogP contribution in [0.25, 0.3) is 0 Å². The van der Waals surface area contributed by atoms with E-state index in [1.807, 2.05) is 0 Å². The minimum atomic E-state index is -4.27. The van der Waals surface area contributed by atoms with E-state index in [-0.39, 0.29) is 25.6 Å². The molecule has 0 saturated carbocycles. The predicted molar refractivity (Wildman–Crippen MR) is 179 cm³/mol. The summed E-state index contributed by atoms with van der Waals surface area (Å²) in [4.78, 5) is 34.4. The zero-order valence-corrected chi connectivity index (χ0v) is 29.2. The second-order valence-corrected chi connectivity index (χ2v) is 13.0. The Balaban J connectivity index is 4.22. The summed E-state index contributed by atoms with van der Waals surface area (Å²) in [7, 11) is -4.27. The average molecular weight is 645 g/mol. The van der Waals surface area contributed by atoms with Crippen molar-refractivity contribution >= 4 is 19.8 Å². The van der Waals surface area contributed by atoms with E-state index in [0.29, 0.717) is 12.8 Å². The van der Waals surface area contributed by atoms with E-state index in [9.17, 15) is 19.0 Å². The van der Waals surface area contributed by atoms with Crippen molar-refractivity contribution in [2.75, 3.05) is 19.8 Å². The first-order valence-electron chi connectivity index (χ1n) is 17.6. The number of carbonyl (C=O) groups excluding carboxylic acids is 2. The Labute approximate surface area is 269 Å².